The largest absolute Gasteiger partial charge is 0.395 e. The van der Waals surface area contributed by atoms with E-state index in [1.54, 1.807) is 12.1 Å². The van der Waals surface area contributed by atoms with Crippen LogP contribution in [-0.4, -0.2) is 11.7 Å². The molecule has 1 aromatic rings. The number of rotatable bonds is 2. The van der Waals surface area contributed by atoms with Crippen LogP contribution < -0.4 is 0 Å². The lowest BCUT2D eigenvalue weighted by atomic mass is 9.96. The van der Waals surface area contributed by atoms with Crippen molar-refractivity contribution in [1.82, 2.24) is 0 Å². The van der Waals surface area contributed by atoms with Gasteiger partial charge in [0.25, 0.3) is 0 Å². The monoisotopic (exact) mass is 200 g/mol. The van der Waals surface area contributed by atoms with Crippen molar-refractivity contribution in [3.63, 3.8) is 0 Å². The molecule has 0 aliphatic heterocycles. The Labute approximate surface area is 81.1 Å². The number of hydrogen-bond acceptors (Lipinski definition) is 1. The van der Waals surface area contributed by atoms with Crippen molar-refractivity contribution in [2.45, 2.75) is 18.3 Å². The van der Waals surface area contributed by atoms with Gasteiger partial charge in [0.1, 0.15) is 5.82 Å². The van der Waals surface area contributed by atoms with Crippen LogP contribution in [0.2, 0.25) is 5.02 Å². The Kier molecular flexibility index (Phi) is 2.05. The number of benzene rings is 1. The molecule has 0 radical (unpaired) electrons. The third-order valence-electron chi connectivity index (χ3n) is 2.66. The van der Waals surface area contributed by atoms with Crippen molar-refractivity contribution in [3.05, 3.63) is 34.6 Å². The van der Waals surface area contributed by atoms with Gasteiger partial charge in [-0.05, 0) is 30.5 Å². The Balaban J connectivity index is 2.41. The van der Waals surface area contributed by atoms with Crippen LogP contribution in [0, 0.1) is 5.82 Å². The van der Waals surface area contributed by atoms with E-state index in [0.29, 0.717) is 10.6 Å². The second-order valence-corrected chi connectivity index (χ2v) is 4.00. The highest BCUT2D eigenvalue weighted by Gasteiger charge is 2.45. The molecule has 13 heavy (non-hydrogen) atoms. The summed E-state index contributed by atoms with van der Waals surface area (Å²) in [6.45, 7) is 0.0194. The summed E-state index contributed by atoms with van der Waals surface area (Å²) in [5, 5.41) is 9.50. The van der Waals surface area contributed by atoms with Gasteiger partial charge in [-0.3, -0.25) is 0 Å². The summed E-state index contributed by atoms with van der Waals surface area (Å²) in [7, 11) is 0. The summed E-state index contributed by atoms with van der Waals surface area (Å²) >= 11 is 5.63. The van der Waals surface area contributed by atoms with Gasteiger partial charge in [0.2, 0.25) is 0 Å². The number of aliphatic hydroxyl groups is 1. The molecule has 0 saturated heterocycles. The predicted molar refractivity (Wildman–Crippen MR) is 49.4 cm³/mol. The van der Waals surface area contributed by atoms with Crippen LogP contribution >= 0.6 is 11.6 Å². The zero-order valence-corrected chi connectivity index (χ0v) is 7.81. The molecule has 0 amide bonds. The molecule has 2 rings (SSSR count). The zero-order valence-electron chi connectivity index (χ0n) is 7.06. The molecular weight excluding hydrogens is 191 g/mol. The first kappa shape index (κ1) is 8.97. The minimum atomic E-state index is -0.311. The van der Waals surface area contributed by atoms with Crippen LogP contribution in [0.15, 0.2) is 18.2 Å². The van der Waals surface area contributed by atoms with Gasteiger partial charge in [0.15, 0.2) is 0 Å². The van der Waals surface area contributed by atoms with Crippen LogP contribution in [0.4, 0.5) is 4.39 Å². The standard InChI is InChI=1S/C10H10ClFO/c11-7-1-2-8(9(12)5-7)10(6-13)3-4-10/h1-2,5,13H,3-4,6H2. The van der Waals surface area contributed by atoms with E-state index in [0.717, 1.165) is 12.8 Å². The van der Waals surface area contributed by atoms with Crippen molar-refractivity contribution < 1.29 is 9.50 Å². The van der Waals surface area contributed by atoms with Gasteiger partial charge in [-0.15, -0.1) is 0 Å². The van der Waals surface area contributed by atoms with Gasteiger partial charge in [-0.1, -0.05) is 17.7 Å². The van der Waals surface area contributed by atoms with Crippen LogP contribution in [0.1, 0.15) is 18.4 Å². The summed E-state index contributed by atoms with van der Waals surface area (Å²) in [5.41, 5.74) is 0.286. The molecule has 1 aromatic carbocycles. The van der Waals surface area contributed by atoms with Crippen LogP contribution in [-0.2, 0) is 5.41 Å². The molecule has 0 unspecified atom stereocenters. The predicted octanol–water partition coefficient (Wildman–Crippen LogP) is 2.50. The number of hydrogen-bond donors (Lipinski definition) is 1. The third kappa shape index (κ3) is 1.45. The van der Waals surface area contributed by atoms with Crippen LogP contribution in [0.5, 0.6) is 0 Å². The summed E-state index contributed by atoms with van der Waals surface area (Å²) in [4.78, 5) is 0. The van der Waals surface area contributed by atoms with Crippen molar-refractivity contribution in [2.75, 3.05) is 6.61 Å². The molecule has 0 atom stereocenters. The van der Waals surface area contributed by atoms with Crippen LogP contribution in [0.3, 0.4) is 0 Å². The molecule has 1 aliphatic rings. The topological polar surface area (TPSA) is 20.2 Å². The summed E-state index contributed by atoms with van der Waals surface area (Å²) in [6, 6.07) is 4.63. The molecule has 0 aromatic heterocycles. The van der Waals surface area contributed by atoms with E-state index in [4.69, 9.17) is 16.7 Å². The SMILES string of the molecule is OCC1(c2ccc(Cl)cc2F)CC1. The Morgan fingerprint density at radius 2 is 2.15 bits per heavy atom. The lowest BCUT2D eigenvalue weighted by molar-refractivity contribution is 0.252. The maximum atomic E-state index is 13.4. The first-order valence-corrected chi connectivity index (χ1v) is 4.62. The van der Waals surface area contributed by atoms with E-state index in [1.165, 1.54) is 6.07 Å². The summed E-state index contributed by atoms with van der Waals surface area (Å²) in [6.07, 6.45) is 1.73. The quantitative estimate of drug-likeness (QED) is 0.778. The van der Waals surface area contributed by atoms with Crippen LogP contribution in [0.25, 0.3) is 0 Å². The van der Waals surface area contributed by atoms with Gasteiger partial charge in [-0.25, -0.2) is 4.39 Å². The minimum Gasteiger partial charge on any atom is -0.395 e. The van der Waals surface area contributed by atoms with Gasteiger partial charge in [0.05, 0.1) is 6.61 Å². The smallest absolute Gasteiger partial charge is 0.128 e. The normalized spacial score (nSPS) is 18.7. The second kappa shape index (κ2) is 2.96. The summed E-state index contributed by atoms with van der Waals surface area (Å²) < 4.78 is 13.4. The molecule has 70 valence electrons. The van der Waals surface area contributed by atoms with Crippen molar-refractivity contribution in [3.8, 4) is 0 Å². The maximum absolute atomic E-state index is 13.4. The minimum absolute atomic E-state index is 0.0194. The fraction of sp³-hybridized carbons (Fsp3) is 0.400. The Bertz CT molecular complexity index is 334. The average Bonchev–Trinajstić information content (AvgIpc) is 2.85. The molecule has 0 heterocycles. The number of aliphatic hydroxyl groups excluding tert-OH is 1. The third-order valence-corrected chi connectivity index (χ3v) is 2.89. The maximum Gasteiger partial charge on any atom is 0.128 e. The molecule has 0 spiro atoms. The van der Waals surface area contributed by atoms with E-state index < -0.39 is 0 Å². The lowest BCUT2D eigenvalue weighted by Gasteiger charge is -2.12. The molecule has 3 heteroatoms. The van der Waals surface area contributed by atoms with Gasteiger partial charge < -0.3 is 5.11 Å². The zero-order chi connectivity index (χ0) is 9.47. The average molecular weight is 201 g/mol. The highest BCUT2D eigenvalue weighted by molar-refractivity contribution is 6.30. The fourth-order valence-corrected chi connectivity index (χ4v) is 1.74. The molecular formula is C10H10ClFO. The molecule has 1 aliphatic carbocycles. The molecule has 0 bridgehead atoms. The lowest BCUT2D eigenvalue weighted by Crippen LogP contribution is -2.13. The van der Waals surface area contributed by atoms with E-state index in [2.05, 4.69) is 0 Å². The Morgan fingerprint density at radius 3 is 2.62 bits per heavy atom. The first-order chi connectivity index (χ1) is 6.18. The van der Waals surface area contributed by atoms with Crippen molar-refractivity contribution in [2.24, 2.45) is 0 Å². The van der Waals surface area contributed by atoms with E-state index in [9.17, 15) is 4.39 Å². The molecule has 1 N–H and O–H groups in total. The summed E-state index contributed by atoms with van der Waals surface area (Å²) in [5.74, 6) is -0.306. The van der Waals surface area contributed by atoms with E-state index in [-0.39, 0.29) is 17.8 Å². The fourth-order valence-electron chi connectivity index (χ4n) is 1.58. The second-order valence-electron chi connectivity index (χ2n) is 3.56. The highest BCUT2D eigenvalue weighted by Crippen LogP contribution is 2.48. The van der Waals surface area contributed by atoms with E-state index >= 15 is 0 Å². The molecule has 1 fully saturated rings. The highest BCUT2D eigenvalue weighted by atomic mass is 35.5. The van der Waals surface area contributed by atoms with Crippen molar-refractivity contribution in [1.29, 1.82) is 0 Å². The Hall–Kier alpha value is -0.600. The number of halogens is 2. The van der Waals surface area contributed by atoms with Gasteiger partial charge in [-0.2, -0.15) is 0 Å². The molecule has 1 saturated carbocycles. The Morgan fingerprint density at radius 1 is 1.46 bits per heavy atom. The molecule has 1 nitrogen and oxygen atoms in total. The first-order valence-electron chi connectivity index (χ1n) is 4.24. The van der Waals surface area contributed by atoms with Crippen molar-refractivity contribution >= 4 is 11.6 Å². The van der Waals surface area contributed by atoms with E-state index in [1.807, 2.05) is 0 Å². The van der Waals surface area contributed by atoms with Gasteiger partial charge >= 0.3 is 0 Å². The van der Waals surface area contributed by atoms with Gasteiger partial charge in [0, 0.05) is 10.4 Å².